The Bertz CT molecular complexity index is 751. The third-order valence-electron chi connectivity index (χ3n) is 5.47. The summed E-state index contributed by atoms with van der Waals surface area (Å²) in [5.41, 5.74) is 3.91. The van der Waals surface area contributed by atoms with Gasteiger partial charge >= 0.3 is 6.09 Å². The van der Waals surface area contributed by atoms with Crippen molar-refractivity contribution in [3.8, 4) is 5.75 Å². The van der Waals surface area contributed by atoms with Crippen LogP contribution >= 0.6 is 0 Å². The molecule has 2 aromatic carbocycles. The number of benzene rings is 2. The second kappa shape index (κ2) is 10.9. The molecule has 0 spiro atoms. The van der Waals surface area contributed by atoms with E-state index in [0.29, 0.717) is 19.7 Å². The summed E-state index contributed by atoms with van der Waals surface area (Å²) in [5.74, 6) is 0.933. The fourth-order valence-electron chi connectivity index (χ4n) is 3.59. The number of amides is 1. The first-order valence-corrected chi connectivity index (χ1v) is 10.6. The Morgan fingerprint density at radius 3 is 2.10 bits per heavy atom. The van der Waals surface area contributed by atoms with E-state index in [1.807, 2.05) is 0 Å². The molecule has 0 unspecified atom stereocenters. The average molecular weight is 397 g/mol. The number of carbonyl (C=O) groups is 1. The van der Waals surface area contributed by atoms with Crippen molar-refractivity contribution in [2.24, 2.45) is 0 Å². The largest absolute Gasteiger partial charge is 0.493 e. The summed E-state index contributed by atoms with van der Waals surface area (Å²) >= 11 is 0. The van der Waals surface area contributed by atoms with Gasteiger partial charge in [-0.1, -0.05) is 49.7 Å². The standard InChI is InChI=1S/C24H32N2O3/c1-2-3-4-20-9-11-23(12-10-20)29-18-13-21-5-7-22(8-6-21)19-25-14-16-26(17-15-25)24(27)28/h5-12H,2-4,13-19H2,1H3,(H,27,28). The Balaban J connectivity index is 1.39. The molecule has 3 rings (SSSR count). The number of piperazine rings is 1. The van der Waals surface area contributed by atoms with Crippen LogP contribution in [0.3, 0.4) is 0 Å². The number of carboxylic acid groups (broad SMARTS) is 1. The van der Waals surface area contributed by atoms with Crippen LogP contribution in [0.5, 0.6) is 5.75 Å². The normalized spacial score (nSPS) is 14.7. The van der Waals surface area contributed by atoms with E-state index in [0.717, 1.165) is 38.2 Å². The molecule has 1 fully saturated rings. The molecule has 2 aromatic rings. The van der Waals surface area contributed by atoms with Gasteiger partial charge in [-0.05, 0) is 41.7 Å². The average Bonchev–Trinajstić information content (AvgIpc) is 2.75. The second-order valence-corrected chi connectivity index (χ2v) is 7.71. The first kappa shape index (κ1) is 21.2. The lowest BCUT2D eigenvalue weighted by atomic mass is 10.1. The maximum Gasteiger partial charge on any atom is 0.407 e. The van der Waals surface area contributed by atoms with Crippen molar-refractivity contribution in [3.05, 3.63) is 65.2 Å². The third kappa shape index (κ3) is 6.79. The summed E-state index contributed by atoms with van der Waals surface area (Å²) in [6.07, 6.45) is 3.66. The molecule has 29 heavy (non-hydrogen) atoms. The topological polar surface area (TPSA) is 53.0 Å². The molecule has 1 aliphatic rings. The highest BCUT2D eigenvalue weighted by molar-refractivity contribution is 5.65. The van der Waals surface area contributed by atoms with Crippen molar-refractivity contribution in [3.63, 3.8) is 0 Å². The summed E-state index contributed by atoms with van der Waals surface area (Å²) in [7, 11) is 0. The minimum Gasteiger partial charge on any atom is -0.493 e. The van der Waals surface area contributed by atoms with Gasteiger partial charge in [0.05, 0.1) is 6.61 Å². The molecule has 0 aromatic heterocycles. The Morgan fingerprint density at radius 1 is 0.897 bits per heavy atom. The van der Waals surface area contributed by atoms with Crippen LogP contribution in [0, 0.1) is 0 Å². The predicted octanol–water partition coefficient (Wildman–Crippen LogP) is 4.45. The van der Waals surface area contributed by atoms with Crippen molar-refractivity contribution in [1.29, 1.82) is 0 Å². The van der Waals surface area contributed by atoms with Gasteiger partial charge in [0.15, 0.2) is 0 Å². The number of unbranched alkanes of at least 4 members (excludes halogenated alkanes) is 1. The maximum atomic E-state index is 11.0. The molecule has 1 amide bonds. The molecule has 0 saturated carbocycles. The summed E-state index contributed by atoms with van der Waals surface area (Å²) in [6.45, 7) is 6.51. The van der Waals surface area contributed by atoms with E-state index in [1.54, 1.807) is 0 Å². The van der Waals surface area contributed by atoms with Crippen LogP contribution in [0.15, 0.2) is 48.5 Å². The first-order chi connectivity index (χ1) is 14.1. The van der Waals surface area contributed by atoms with E-state index in [2.05, 4.69) is 60.4 Å². The molecule has 0 atom stereocenters. The molecule has 0 aliphatic carbocycles. The van der Waals surface area contributed by atoms with Crippen LogP contribution in [0.2, 0.25) is 0 Å². The van der Waals surface area contributed by atoms with E-state index in [-0.39, 0.29) is 0 Å². The number of hydrogen-bond donors (Lipinski definition) is 1. The zero-order chi connectivity index (χ0) is 20.5. The molecule has 1 N–H and O–H groups in total. The molecule has 1 aliphatic heterocycles. The zero-order valence-corrected chi connectivity index (χ0v) is 17.3. The van der Waals surface area contributed by atoms with E-state index < -0.39 is 6.09 Å². The summed E-state index contributed by atoms with van der Waals surface area (Å²) in [5, 5.41) is 9.03. The van der Waals surface area contributed by atoms with Crippen LogP contribution in [0.1, 0.15) is 36.5 Å². The Hall–Kier alpha value is -2.53. The minimum absolute atomic E-state index is 0.588. The van der Waals surface area contributed by atoms with Crippen molar-refractivity contribution in [1.82, 2.24) is 9.80 Å². The van der Waals surface area contributed by atoms with Crippen LogP contribution in [0.4, 0.5) is 4.79 Å². The van der Waals surface area contributed by atoms with Gasteiger partial charge < -0.3 is 14.7 Å². The van der Waals surface area contributed by atoms with Crippen LogP contribution in [-0.4, -0.2) is 53.8 Å². The van der Waals surface area contributed by atoms with Gasteiger partial charge in [-0.3, -0.25) is 4.90 Å². The molecule has 5 nitrogen and oxygen atoms in total. The van der Waals surface area contributed by atoms with Gasteiger partial charge in [0.25, 0.3) is 0 Å². The van der Waals surface area contributed by atoms with E-state index in [9.17, 15) is 4.79 Å². The molecule has 1 heterocycles. The highest BCUT2D eigenvalue weighted by Crippen LogP contribution is 2.15. The van der Waals surface area contributed by atoms with Gasteiger partial charge in [-0.25, -0.2) is 4.79 Å². The van der Waals surface area contributed by atoms with Gasteiger partial charge in [0, 0.05) is 39.1 Å². The van der Waals surface area contributed by atoms with Crippen molar-refractivity contribution in [2.75, 3.05) is 32.8 Å². The lowest BCUT2D eigenvalue weighted by Crippen LogP contribution is -2.47. The van der Waals surface area contributed by atoms with Gasteiger partial charge in [0.2, 0.25) is 0 Å². The van der Waals surface area contributed by atoms with Gasteiger partial charge in [0.1, 0.15) is 5.75 Å². The summed E-state index contributed by atoms with van der Waals surface area (Å²) < 4.78 is 5.89. The number of aryl methyl sites for hydroxylation is 1. The Kier molecular flexibility index (Phi) is 7.94. The summed E-state index contributed by atoms with van der Waals surface area (Å²) in [6, 6.07) is 17.1. The number of rotatable bonds is 9. The Labute approximate surface area is 173 Å². The molecule has 1 saturated heterocycles. The quantitative estimate of drug-likeness (QED) is 0.681. The van der Waals surface area contributed by atoms with E-state index >= 15 is 0 Å². The van der Waals surface area contributed by atoms with Gasteiger partial charge in [-0.15, -0.1) is 0 Å². The molecular weight excluding hydrogens is 364 g/mol. The number of hydrogen-bond acceptors (Lipinski definition) is 3. The lowest BCUT2D eigenvalue weighted by molar-refractivity contribution is 0.103. The number of ether oxygens (including phenoxy) is 1. The zero-order valence-electron chi connectivity index (χ0n) is 17.3. The predicted molar refractivity (Wildman–Crippen MR) is 116 cm³/mol. The Morgan fingerprint density at radius 2 is 1.48 bits per heavy atom. The van der Waals surface area contributed by atoms with E-state index in [4.69, 9.17) is 9.84 Å². The highest BCUT2D eigenvalue weighted by Gasteiger charge is 2.20. The van der Waals surface area contributed by atoms with Gasteiger partial charge in [-0.2, -0.15) is 0 Å². The third-order valence-corrected chi connectivity index (χ3v) is 5.47. The lowest BCUT2D eigenvalue weighted by Gasteiger charge is -2.33. The molecule has 0 radical (unpaired) electrons. The molecule has 0 bridgehead atoms. The molecular formula is C24H32N2O3. The minimum atomic E-state index is -0.816. The summed E-state index contributed by atoms with van der Waals surface area (Å²) in [4.78, 5) is 14.8. The highest BCUT2D eigenvalue weighted by atomic mass is 16.5. The first-order valence-electron chi connectivity index (χ1n) is 10.6. The molecule has 5 heteroatoms. The van der Waals surface area contributed by atoms with Crippen LogP contribution < -0.4 is 4.74 Å². The van der Waals surface area contributed by atoms with Crippen LogP contribution in [-0.2, 0) is 19.4 Å². The monoisotopic (exact) mass is 396 g/mol. The maximum absolute atomic E-state index is 11.0. The number of nitrogens with zero attached hydrogens (tertiary/aromatic N) is 2. The fourth-order valence-corrected chi connectivity index (χ4v) is 3.59. The smallest absolute Gasteiger partial charge is 0.407 e. The SMILES string of the molecule is CCCCc1ccc(OCCc2ccc(CN3CCN(C(=O)O)CC3)cc2)cc1. The van der Waals surface area contributed by atoms with Crippen molar-refractivity contribution in [2.45, 2.75) is 39.2 Å². The second-order valence-electron chi connectivity index (χ2n) is 7.71. The van der Waals surface area contributed by atoms with Crippen LogP contribution in [0.25, 0.3) is 0 Å². The van der Waals surface area contributed by atoms with Crippen molar-refractivity contribution < 1.29 is 14.6 Å². The van der Waals surface area contributed by atoms with E-state index in [1.165, 1.54) is 34.4 Å². The fraction of sp³-hybridized carbons (Fsp3) is 0.458. The molecule has 156 valence electrons. The van der Waals surface area contributed by atoms with Crippen molar-refractivity contribution >= 4 is 6.09 Å².